The molecule has 0 aliphatic carbocycles. The Hall–Kier alpha value is -2.07. The number of benzene rings is 1. The van der Waals surface area contributed by atoms with Gasteiger partial charge >= 0.3 is 0 Å². The Balaban J connectivity index is 2.04. The van der Waals surface area contributed by atoms with Crippen LogP contribution in [0.15, 0.2) is 36.4 Å². The number of hydrogen-bond acceptors (Lipinski definition) is 4. The highest BCUT2D eigenvalue weighted by Crippen LogP contribution is 2.20. The van der Waals surface area contributed by atoms with Crippen LogP contribution < -0.4 is 10.1 Å². The minimum absolute atomic E-state index is 0.145. The van der Waals surface area contributed by atoms with E-state index in [2.05, 4.69) is 17.2 Å². The molecule has 0 saturated carbocycles. The molecule has 1 aromatic heterocycles. The summed E-state index contributed by atoms with van der Waals surface area (Å²) < 4.78 is 5.22. The molecule has 2 N–H and O–H groups in total. The van der Waals surface area contributed by atoms with Crippen LogP contribution in [0.4, 0.5) is 0 Å². The number of rotatable bonds is 5. The first kappa shape index (κ1) is 14.3. The normalized spacial score (nSPS) is 12.2. The fourth-order valence-corrected chi connectivity index (χ4v) is 2.01. The van der Waals surface area contributed by atoms with Crippen LogP contribution >= 0.6 is 0 Å². The zero-order valence-electron chi connectivity index (χ0n) is 12.1. The number of aromatic hydroxyl groups is 1. The molecular weight excluding hydrogens is 252 g/mol. The number of aromatic nitrogens is 1. The summed E-state index contributed by atoms with van der Waals surface area (Å²) >= 11 is 0. The van der Waals surface area contributed by atoms with Crippen molar-refractivity contribution in [3.8, 4) is 11.5 Å². The number of ether oxygens (including phenoxy) is 1. The molecule has 1 aromatic carbocycles. The van der Waals surface area contributed by atoms with Crippen LogP contribution in [-0.4, -0.2) is 17.2 Å². The largest absolute Gasteiger partial charge is 0.506 e. The fourth-order valence-electron chi connectivity index (χ4n) is 2.01. The van der Waals surface area contributed by atoms with E-state index in [0.717, 1.165) is 17.0 Å². The molecular formula is C16H20N2O2. The van der Waals surface area contributed by atoms with Crippen molar-refractivity contribution in [3.05, 3.63) is 53.3 Å². The number of nitrogens with one attached hydrogen (secondary N) is 1. The van der Waals surface area contributed by atoms with Crippen molar-refractivity contribution in [3.63, 3.8) is 0 Å². The van der Waals surface area contributed by atoms with Gasteiger partial charge in [0.25, 0.3) is 0 Å². The van der Waals surface area contributed by atoms with Gasteiger partial charge in [-0.25, -0.2) is 0 Å². The number of aryl methyl sites for hydroxylation is 1. The summed E-state index contributed by atoms with van der Waals surface area (Å²) in [6.45, 7) is 4.50. The van der Waals surface area contributed by atoms with E-state index in [-0.39, 0.29) is 11.8 Å². The van der Waals surface area contributed by atoms with Gasteiger partial charge < -0.3 is 15.2 Å². The molecule has 2 rings (SSSR count). The highest BCUT2D eigenvalue weighted by Gasteiger charge is 2.08. The van der Waals surface area contributed by atoms with Crippen molar-refractivity contribution < 1.29 is 9.84 Å². The summed E-state index contributed by atoms with van der Waals surface area (Å²) in [4.78, 5) is 4.33. The smallest absolute Gasteiger partial charge is 0.138 e. The van der Waals surface area contributed by atoms with E-state index in [1.807, 2.05) is 31.2 Å². The highest BCUT2D eigenvalue weighted by molar-refractivity contribution is 5.31. The van der Waals surface area contributed by atoms with E-state index in [4.69, 9.17) is 4.74 Å². The molecule has 0 saturated heterocycles. The average molecular weight is 272 g/mol. The zero-order valence-corrected chi connectivity index (χ0v) is 12.1. The first-order valence-electron chi connectivity index (χ1n) is 6.63. The topological polar surface area (TPSA) is 54.4 Å². The Morgan fingerprint density at radius 1 is 1.30 bits per heavy atom. The van der Waals surface area contributed by atoms with Gasteiger partial charge in [0.1, 0.15) is 11.5 Å². The molecule has 1 atom stereocenters. The van der Waals surface area contributed by atoms with Crippen LogP contribution in [0.3, 0.4) is 0 Å². The third-order valence-electron chi connectivity index (χ3n) is 3.26. The van der Waals surface area contributed by atoms with Crippen LogP contribution in [0.2, 0.25) is 0 Å². The van der Waals surface area contributed by atoms with Crippen molar-refractivity contribution in [1.82, 2.24) is 10.3 Å². The number of hydrogen-bond donors (Lipinski definition) is 2. The molecule has 2 aromatic rings. The lowest BCUT2D eigenvalue weighted by molar-refractivity contribution is 0.413. The molecule has 1 unspecified atom stereocenters. The van der Waals surface area contributed by atoms with Crippen molar-refractivity contribution in [2.45, 2.75) is 26.4 Å². The van der Waals surface area contributed by atoms with Gasteiger partial charge in [-0.1, -0.05) is 12.1 Å². The second kappa shape index (κ2) is 6.39. The minimum atomic E-state index is 0.145. The molecule has 0 fully saturated rings. The van der Waals surface area contributed by atoms with Crippen LogP contribution in [-0.2, 0) is 6.54 Å². The van der Waals surface area contributed by atoms with Crippen molar-refractivity contribution in [2.75, 3.05) is 7.11 Å². The van der Waals surface area contributed by atoms with E-state index in [1.165, 1.54) is 0 Å². The van der Waals surface area contributed by atoms with E-state index < -0.39 is 0 Å². The summed E-state index contributed by atoms with van der Waals surface area (Å²) in [7, 11) is 1.66. The van der Waals surface area contributed by atoms with Gasteiger partial charge in [-0.2, -0.15) is 0 Å². The molecule has 0 aliphatic heterocycles. The van der Waals surface area contributed by atoms with Gasteiger partial charge in [-0.05, 0) is 43.7 Å². The zero-order chi connectivity index (χ0) is 14.5. The maximum Gasteiger partial charge on any atom is 0.138 e. The van der Waals surface area contributed by atoms with Gasteiger partial charge in [0.15, 0.2) is 0 Å². The molecule has 0 radical (unpaired) electrons. The van der Waals surface area contributed by atoms with Gasteiger partial charge in [-0.15, -0.1) is 0 Å². The van der Waals surface area contributed by atoms with E-state index >= 15 is 0 Å². The standard InChI is InChI=1S/C16H20N2O2/c1-11-7-8-16(19)15(18-11)10-17-12(2)13-5-4-6-14(9-13)20-3/h4-9,12,17,19H,10H2,1-3H3. The lowest BCUT2D eigenvalue weighted by atomic mass is 10.1. The Bertz CT molecular complexity index is 584. The van der Waals surface area contributed by atoms with Gasteiger partial charge in [0.05, 0.1) is 12.8 Å². The third-order valence-corrected chi connectivity index (χ3v) is 3.26. The molecule has 0 bridgehead atoms. The SMILES string of the molecule is COc1cccc(C(C)NCc2nc(C)ccc2O)c1. The molecule has 0 amide bonds. The summed E-state index contributed by atoms with van der Waals surface area (Å²) in [5, 5.41) is 13.1. The molecule has 20 heavy (non-hydrogen) atoms. The summed E-state index contributed by atoms with van der Waals surface area (Å²) in [5.74, 6) is 1.06. The molecule has 106 valence electrons. The van der Waals surface area contributed by atoms with Gasteiger partial charge in [0, 0.05) is 18.3 Å². The maximum atomic E-state index is 9.78. The van der Waals surface area contributed by atoms with E-state index in [9.17, 15) is 5.11 Å². The minimum Gasteiger partial charge on any atom is -0.506 e. The Morgan fingerprint density at radius 2 is 2.10 bits per heavy atom. The first-order chi connectivity index (χ1) is 9.60. The van der Waals surface area contributed by atoms with Crippen LogP contribution in [0.1, 0.15) is 29.9 Å². The molecule has 0 aliphatic rings. The molecule has 4 heteroatoms. The quantitative estimate of drug-likeness (QED) is 0.878. The number of methoxy groups -OCH3 is 1. The Morgan fingerprint density at radius 3 is 2.85 bits per heavy atom. The Kier molecular flexibility index (Phi) is 4.58. The summed E-state index contributed by atoms with van der Waals surface area (Å²) in [5.41, 5.74) is 2.70. The molecule has 1 heterocycles. The lowest BCUT2D eigenvalue weighted by Gasteiger charge is -2.15. The maximum absolute atomic E-state index is 9.78. The van der Waals surface area contributed by atoms with Crippen molar-refractivity contribution in [1.29, 1.82) is 0 Å². The summed E-state index contributed by atoms with van der Waals surface area (Å²) in [6.07, 6.45) is 0. The predicted octanol–water partition coefficient (Wildman–Crippen LogP) is 2.96. The fraction of sp³-hybridized carbons (Fsp3) is 0.312. The van der Waals surface area contributed by atoms with Crippen LogP contribution in [0.5, 0.6) is 11.5 Å². The van der Waals surface area contributed by atoms with Crippen LogP contribution in [0.25, 0.3) is 0 Å². The Labute approximate surface area is 119 Å². The van der Waals surface area contributed by atoms with Crippen molar-refractivity contribution in [2.24, 2.45) is 0 Å². The lowest BCUT2D eigenvalue weighted by Crippen LogP contribution is -2.19. The van der Waals surface area contributed by atoms with Crippen LogP contribution in [0, 0.1) is 6.92 Å². The number of pyridine rings is 1. The predicted molar refractivity (Wildman–Crippen MR) is 78.9 cm³/mol. The third kappa shape index (κ3) is 3.48. The second-order valence-electron chi connectivity index (χ2n) is 4.80. The number of nitrogens with zero attached hydrogens (tertiary/aromatic N) is 1. The van der Waals surface area contributed by atoms with Crippen molar-refractivity contribution >= 4 is 0 Å². The van der Waals surface area contributed by atoms with Gasteiger partial charge in [0.2, 0.25) is 0 Å². The van der Waals surface area contributed by atoms with Gasteiger partial charge in [-0.3, -0.25) is 4.98 Å². The van der Waals surface area contributed by atoms with E-state index in [1.54, 1.807) is 19.2 Å². The monoisotopic (exact) mass is 272 g/mol. The summed E-state index contributed by atoms with van der Waals surface area (Å²) in [6, 6.07) is 11.6. The second-order valence-corrected chi connectivity index (χ2v) is 4.80. The van der Waals surface area contributed by atoms with E-state index in [0.29, 0.717) is 12.2 Å². The average Bonchev–Trinajstić information content (AvgIpc) is 2.48. The first-order valence-corrected chi connectivity index (χ1v) is 6.63. The molecule has 4 nitrogen and oxygen atoms in total. The molecule has 0 spiro atoms. The highest BCUT2D eigenvalue weighted by atomic mass is 16.5.